The number of methoxy groups -OCH3 is 1. The number of carbonyl (C=O) groups is 1. The van der Waals surface area contributed by atoms with Crippen molar-refractivity contribution in [2.75, 3.05) is 7.11 Å². The fraction of sp³-hybridized carbons (Fsp3) is 0.500. The quantitative estimate of drug-likeness (QED) is 0.710. The lowest BCUT2D eigenvalue weighted by Gasteiger charge is -2.45. The number of nitrogens with zero attached hydrogens (tertiary/aromatic N) is 3. The number of nitrogens with two attached hydrogens (primary N) is 1. The largest absolute Gasteiger partial charge is 0.381 e. The zero-order chi connectivity index (χ0) is 22.6. The summed E-state index contributed by atoms with van der Waals surface area (Å²) in [7, 11) is 1.78. The van der Waals surface area contributed by atoms with Crippen molar-refractivity contribution < 1.29 is 9.53 Å². The number of ether oxygens (including phenoxy) is 1. The first-order valence-electron chi connectivity index (χ1n) is 11.8. The zero-order valence-electron chi connectivity index (χ0n) is 18.8. The molecule has 170 valence electrons. The molecule has 1 aromatic heterocycles. The smallest absolute Gasteiger partial charge is 0.262 e. The van der Waals surface area contributed by atoms with Gasteiger partial charge in [0.1, 0.15) is 5.01 Å². The molecule has 33 heavy (non-hydrogen) atoms. The van der Waals surface area contributed by atoms with Crippen molar-refractivity contribution in [3.63, 3.8) is 0 Å². The van der Waals surface area contributed by atoms with E-state index in [1.807, 2.05) is 5.38 Å². The van der Waals surface area contributed by atoms with E-state index in [9.17, 15) is 4.79 Å². The number of aromatic nitrogens is 1. The third kappa shape index (κ3) is 3.23. The van der Waals surface area contributed by atoms with Crippen LogP contribution in [0, 0.1) is 23.2 Å². The molecule has 1 unspecified atom stereocenters. The van der Waals surface area contributed by atoms with E-state index in [2.05, 4.69) is 35.0 Å². The minimum absolute atomic E-state index is 0.0166. The number of benzene rings is 1. The molecule has 1 aromatic carbocycles. The van der Waals surface area contributed by atoms with Gasteiger partial charge in [-0.15, -0.1) is 11.3 Å². The first-order valence-corrected chi connectivity index (χ1v) is 12.7. The third-order valence-corrected chi connectivity index (χ3v) is 8.67. The molecule has 6 rings (SSSR count). The van der Waals surface area contributed by atoms with E-state index in [1.165, 1.54) is 29.7 Å². The maximum atomic E-state index is 14.3. The van der Waals surface area contributed by atoms with Gasteiger partial charge in [0, 0.05) is 35.6 Å². The Morgan fingerprint density at radius 2 is 2.09 bits per heavy atom. The van der Waals surface area contributed by atoms with Crippen molar-refractivity contribution in [2.45, 2.75) is 63.1 Å². The molecule has 2 fully saturated rings. The summed E-state index contributed by atoms with van der Waals surface area (Å²) in [5.74, 6) is 7.50. The molecule has 2 spiro atoms. The number of rotatable bonds is 3. The van der Waals surface area contributed by atoms with Gasteiger partial charge >= 0.3 is 0 Å². The first-order chi connectivity index (χ1) is 16.0. The van der Waals surface area contributed by atoms with E-state index in [0.29, 0.717) is 18.4 Å². The van der Waals surface area contributed by atoms with Crippen LogP contribution in [0.5, 0.6) is 0 Å². The third-order valence-electron chi connectivity index (χ3n) is 7.91. The summed E-state index contributed by atoms with van der Waals surface area (Å²) in [5.41, 5.74) is 8.35. The van der Waals surface area contributed by atoms with E-state index in [1.54, 1.807) is 18.2 Å². The zero-order valence-corrected chi connectivity index (χ0v) is 19.7. The van der Waals surface area contributed by atoms with Crippen molar-refractivity contribution in [1.29, 1.82) is 0 Å². The first kappa shape index (κ1) is 20.9. The van der Waals surface area contributed by atoms with Gasteiger partial charge in [-0.1, -0.05) is 17.9 Å². The van der Waals surface area contributed by atoms with Crippen molar-refractivity contribution >= 4 is 23.2 Å². The predicted molar refractivity (Wildman–Crippen MR) is 127 cm³/mol. The summed E-state index contributed by atoms with van der Waals surface area (Å²) in [4.78, 5) is 25.3. The highest BCUT2D eigenvalue weighted by Crippen LogP contribution is 2.62. The average molecular weight is 461 g/mol. The number of thiazole rings is 1. The minimum atomic E-state index is -0.986. The molecule has 7 heteroatoms. The van der Waals surface area contributed by atoms with E-state index in [0.717, 1.165) is 48.2 Å². The summed E-state index contributed by atoms with van der Waals surface area (Å²) in [6.07, 6.45) is 8.84. The highest BCUT2D eigenvalue weighted by atomic mass is 32.1. The van der Waals surface area contributed by atoms with Crippen molar-refractivity contribution in [3.05, 3.63) is 51.5 Å². The van der Waals surface area contributed by atoms with Gasteiger partial charge < -0.3 is 10.5 Å². The molecule has 1 aliphatic heterocycles. The molecule has 0 saturated heterocycles. The Labute approximate surface area is 198 Å². The predicted octanol–water partition coefficient (Wildman–Crippen LogP) is 3.59. The molecule has 2 heterocycles. The van der Waals surface area contributed by atoms with Crippen LogP contribution in [-0.4, -0.2) is 35.0 Å². The van der Waals surface area contributed by atoms with Crippen molar-refractivity contribution in [1.82, 2.24) is 9.88 Å². The van der Waals surface area contributed by atoms with Crippen LogP contribution in [-0.2, 0) is 28.0 Å². The van der Waals surface area contributed by atoms with Gasteiger partial charge in [0.25, 0.3) is 5.91 Å². The van der Waals surface area contributed by atoms with Crippen LogP contribution < -0.4 is 5.73 Å². The molecule has 2 N–H and O–H groups in total. The fourth-order valence-corrected chi connectivity index (χ4v) is 6.58. The minimum Gasteiger partial charge on any atom is -0.381 e. The van der Waals surface area contributed by atoms with Crippen LogP contribution in [0.15, 0.2) is 34.8 Å². The highest BCUT2D eigenvalue weighted by Gasteiger charge is 2.66. The topological polar surface area (TPSA) is 80.8 Å². The molecular weight excluding hydrogens is 432 g/mol. The number of fused-ring (bicyclic) bond motifs is 3. The number of hydrogen-bond acceptors (Lipinski definition) is 6. The average Bonchev–Trinajstić information content (AvgIpc) is 3.36. The van der Waals surface area contributed by atoms with Gasteiger partial charge in [-0.3, -0.25) is 9.69 Å². The van der Waals surface area contributed by atoms with E-state index < -0.39 is 5.54 Å². The Hall–Kier alpha value is -2.69. The molecule has 4 aliphatic rings. The standard InChI is InChI=1S/C26H28N4O2S/c1-32-20-8-10-25(11-9-20)15-19-7-6-18(5-4-17-2-3-17)14-21(19)26(25)23(31)30(24(27)29-26)16-22-28-12-13-33-22/h6-7,12-14,17,20H,2-3,8-11,15-16H2,1H3,(H2,27,29). The summed E-state index contributed by atoms with van der Waals surface area (Å²) in [5, 5.41) is 2.78. The van der Waals surface area contributed by atoms with Gasteiger partial charge in [0.2, 0.25) is 0 Å². The van der Waals surface area contributed by atoms with Gasteiger partial charge in [0.15, 0.2) is 11.5 Å². The molecular formula is C26H28N4O2S. The van der Waals surface area contributed by atoms with Crippen molar-refractivity contribution in [3.8, 4) is 11.8 Å². The second kappa shape index (κ2) is 7.68. The maximum absolute atomic E-state index is 14.3. The van der Waals surface area contributed by atoms with Crippen LogP contribution in [0.1, 0.15) is 60.2 Å². The molecule has 3 aliphatic carbocycles. The Morgan fingerprint density at radius 1 is 1.27 bits per heavy atom. The Morgan fingerprint density at radius 3 is 2.79 bits per heavy atom. The molecule has 0 radical (unpaired) electrons. The lowest BCUT2D eigenvalue weighted by molar-refractivity contribution is -0.138. The maximum Gasteiger partial charge on any atom is 0.262 e. The van der Waals surface area contributed by atoms with Crippen LogP contribution in [0.2, 0.25) is 0 Å². The highest BCUT2D eigenvalue weighted by molar-refractivity contribution is 7.09. The fourth-order valence-electron chi connectivity index (χ4n) is 5.97. The normalized spacial score (nSPS) is 30.5. The molecule has 2 saturated carbocycles. The number of amides is 1. The van der Waals surface area contributed by atoms with Crippen LogP contribution in [0.3, 0.4) is 0 Å². The van der Waals surface area contributed by atoms with Gasteiger partial charge in [-0.05, 0) is 68.2 Å². The summed E-state index contributed by atoms with van der Waals surface area (Å²) in [6.45, 7) is 0.362. The van der Waals surface area contributed by atoms with Crippen LogP contribution >= 0.6 is 11.3 Å². The lowest BCUT2D eigenvalue weighted by atomic mass is 9.61. The van der Waals surface area contributed by atoms with Gasteiger partial charge in [0.05, 0.1) is 12.6 Å². The Kier molecular flexibility index (Phi) is 4.86. The molecule has 1 amide bonds. The number of carbonyl (C=O) groups excluding carboxylic acids is 1. The van der Waals surface area contributed by atoms with E-state index in [4.69, 9.17) is 15.5 Å². The Balaban J connectivity index is 1.45. The molecule has 0 bridgehead atoms. The van der Waals surface area contributed by atoms with E-state index in [-0.39, 0.29) is 17.4 Å². The van der Waals surface area contributed by atoms with E-state index >= 15 is 0 Å². The SMILES string of the molecule is COC1CCC2(CC1)Cc1ccc(C#CC3CC3)cc1C21N=C(N)N(Cc2nccs2)C1=O. The molecule has 2 aromatic rings. The Bertz CT molecular complexity index is 1180. The summed E-state index contributed by atoms with van der Waals surface area (Å²) < 4.78 is 5.66. The van der Waals surface area contributed by atoms with Gasteiger partial charge in [-0.2, -0.15) is 0 Å². The van der Waals surface area contributed by atoms with Gasteiger partial charge in [-0.25, -0.2) is 9.98 Å². The second-order valence-corrected chi connectivity index (χ2v) is 10.8. The number of hydrogen-bond donors (Lipinski definition) is 1. The second-order valence-electron chi connectivity index (χ2n) is 9.81. The van der Waals surface area contributed by atoms with Crippen LogP contribution in [0.25, 0.3) is 0 Å². The summed E-state index contributed by atoms with van der Waals surface area (Å²) >= 11 is 1.53. The van der Waals surface area contributed by atoms with Crippen molar-refractivity contribution in [2.24, 2.45) is 22.1 Å². The number of guanidine groups is 1. The lowest BCUT2D eigenvalue weighted by Crippen LogP contribution is -2.52. The number of aliphatic imine (C=N–C) groups is 1. The molecule has 6 nitrogen and oxygen atoms in total. The molecule has 1 atom stereocenters. The van der Waals surface area contributed by atoms with Crippen LogP contribution in [0.4, 0.5) is 0 Å². The monoisotopic (exact) mass is 460 g/mol. The summed E-state index contributed by atoms with van der Waals surface area (Å²) in [6, 6.07) is 6.37.